The summed E-state index contributed by atoms with van der Waals surface area (Å²) in [4.78, 5) is 38.9. The number of amides is 2. The van der Waals surface area contributed by atoms with Crippen molar-refractivity contribution in [3.05, 3.63) is 81.2 Å². The molecule has 0 fully saturated rings. The quantitative estimate of drug-likeness (QED) is 0.544. The topological polar surface area (TPSA) is 93.5 Å². The Morgan fingerprint density at radius 1 is 1.09 bits per heavy atom. The van der Waals surface area contributed by atoms with Gasteiger partial charge in [-0.05, 0) is 51.1 Å². The summed E-state index contributed by atoms with van der Waals surface area (Å²) in [6.45, 7) is 6.57. The van der Waals surface area contributed by atoms with Crippen LogP contribution in [0.1, 0.15) is 30.0 Å². The molecule has 8 nitrogen and oxygen atoms in total. The van der Waals surface area contributed by atoms with Crippen LogP contribution in [0.3, 0.4) is 0 Å². The number of carbonyl (C=O) groups is 2. The zero-order chi connectivity index (χ0) is 24.0. The Kier molecular flexibility index (Phi) is 7.84. The van der Waals surface area contributed by atoms with Crippen molar-refractivity contribution in [2.24, 2.45) is 0 Å². The maximum atomic E-state index is 12.8. The second kappa shape index (κ2) is 10.8. The second-order valence-corrected chi connectivity index (χ2v) is 7.61. The molecule has 0 aliphatic carbocycles. The van der Waals surface area contributed by atoms with Gasteiger partial charge in [0.05, 0.1) is 10.7 Å². The molecule has 3 aromatic rings. The van der Waals surface area contributed by atoms with Crippen LogP contribution in [0.2, 0.25) is 5.02 Å². The third-order valence-electron chi connectivity index (χ3n) is 4.98. The first-order chi connectivity index (χ1) is 15.8. The summed E-state index contributed by atoms with van der Waals surface area (Å²) in [6, 6.07) is 15.2. The molecule has 0 aliphatic heterocycles. The van der Waals surface area contributed by atoms with Crippen LogP contribution in [0.15, 0.2) is 59.4 Å². The van der Waals surface area contributed by atoms with Crippen LogP contribution in [-0.4, -0.2) is 46.2 Å². The average Bonchev–Trinajstić information content (AvgIpc) is 2.80. The van der Waals surface area contributed by atoms with E-state index in [1.807, 2.05) is 44.2 Å². The Morgan fingerprint density at radius 2 is 1.79 bits per heavy atom. The molecule has 0 atom stereocenters. The SMILES string of the molecule is CCN(CC)C(=O)COc1ccc(NC(=O)c2nn(-c3ccccc3)c(C)cc2=O)cc1Cl. The van der Waals surface area contributed by atoms with Crippen molar-refractivity contribution in [1.82, 2.24) is 14.7 Å². The zero-order valence-corrected chi connectivity index (χ0v) is 19.4. The van der Waals surface area contributed by atoms with Crippen LogP contribution < -0.4 is 15.5 Å². The average molecular weight is 469 g/mol. The van der Waals surface area contributed by atoms with Crippen LogP contribution in [0, 0.1) is 6.92 Å². The number of nitrogens with one attached hydrogen (secondary N) is 1. The van der Waals surface area contributed by atoms with Gasteiger partial charge in [0.2, 0.25) is 5.43 Å². The van der Waals surface area contributed by atoms with Gasteiger partial charge in [-0.2, -0.15) is 5.10 Å². The molecule has 3 rings (SSSR count). The van der Waals surface area contributed by atoms with Gasteiger partial charge in [-0.15, -0.1) is 0 Å². The summed E-state index contributed by atoms with van der Waals surface area (Å²) in [7, 11) is 0. The van der Waals surface area contributed by atoms with Crippen molar-refractivity contribution in [3.8, 4) is 11.4 Å². The number of nitrogens with zero attached hydrogens (tertiary/aromatic N) is 3. The van der Waals surface area contributed by atoms with Gasteiger partial charge in [-0.1, -0.05) is 29.8 Å². The number of likely N-dealkylation sites (N-methyl/N-ethyl adjacent to an activating group) is 1. The zero-order valence-electron chi connectivity index (χ0n) is 18.7. The molecule has 0 unspecified atom stereocenters. The van der Waals surface area contributed by atoms with E-state index >= 15 is 0 Å². The molecule has 1 aromatic heterocycles. The molecule has 0 saturated carbocycles. The monoisotopic (exact) mass is 468 g/mol. The molecular weight excluding hydrogens is 444 g/mol. The lowest BCUT2D eigenvalue weighted by atomic mass is 10.2. The molecule has 0 radical (unpaired) electrons. The molecule has 0 aliphatic rings. The van der Waals surface area contributed by atoms with Crippen LogP contribution in [0.5, 0.6) is 5.75 Å². The molecule has 1 heterocycles. The fraction of sp³-hybridized carbons (Fsp3) is 0.250. The number of anilines is 1. The number of ether oxygens (including phenoxy) is 1. The van der Waals surface area contributed by atoms with E-state index < -0.39 is 11.3 Å². The van der Waals surface area contributed by atoms with Gasteiger partial charge in [0.1, 0.15) is 5.75 Å². The van der Waals surface area contributed by atoms with Gasteiger partial charge >= 0.3 is 0 Å². The summed E-state index contributed by atoms with van der Waals surface area (Å²) in [5.74, 6) is -0.491. The molecule has 0 bridgehead atoms. The van der Waals surface area contributed by atoms with E-state index in [2.05, 4.69) is 10.4 Å². The standard InChI is InChI=1S/C24H25ClN4O4/c1-4-28(5-2)22(31)15-33-21-12-11-17(14-19(21)25)26-24(32)23-20(30)13-16(3)29(27-23)18-9-7-6-8-10-18/h6-14H,4-5,15H2,1-3H3,(H,26,32). The molecule has 1 N–H and O–H groups in total. The first-order valence-corrected chi connectivity index (χ1v) is 10.9. The predicted octanol–water partition coefficient (Wildman–Crippen LogP) is 3.69. The normalized spacial score (nSPS) is 10.5. The summed E-state index contributed by atoms with van der Waals surface area (Å²) in [6.07, 6.45) is 0. The van der Waals surface area contributed by atoms with Crippen LogP contribution >= 0.6 is 11.6 Å². The minimum Gasteiger partial charge on any atom is -0.482 e. The predicted molar refractivity (Wildman–Crippen MR) is 127 cm³/mol. The largest absolute Gasteiger partial charge is 0.482 e. The van der Waals surface area contributed by atoms with Crippen molar-refractivity contribution in [2.75, 3.05) is 25.0 Å². The lowest BCUT2D eigenvalue weighted by molar-refractivity contribution is -0.132. The van der Waals surface area contributed by atoms with Crippen molar-refractivity contribution in [1.29, 1.82) is 0 Å². The van der Waals surface area contributed by atoms with Gasteiger partial charge in [-0.3, -0.25) is 14.4 Å². The Hall–Kier alpha value is -3.65. The highest BCUT2D eigenvalue weighted by molar-refractivity contribution is 6.32. The number of hydrogen-bond donors (Lipinski definition) is 1. The number of benzene rings is 2. The Morgan fingerprint density at radius 3 is 2.42 bits per heavy atom. The third kappa shape index (κ3) is 5.78. The molecule has 9 heteroatoms. The number of halogens is 1. The molecule has 0 spiro atoms. The van der Waals surface area contributed by atoms with Crippen LogP contribution in [0.4, 0.5) is 5.69 Å². The summed E-state index contributed by atoms with van der Waals surface area (Å²) in [5, 5.41) is 7.11. The minimum atomic E-state index is -0.661. The van der Waals surface area contributed by atoms with E-state index in [1.54, 1.807) is 24.0 Å². The molecule has 2 aromatic carbocycles. The highest BCUT2D eigenvalue weighted by Crippen LogP contribution is 2.28. The Balaban J connectivity index is 1.75. The van der Waals surface area contributed by atoms with Crippen molar-refractivity contribution < 1.29 is 14.3 Å². The smallest absolute Gasteiger partial charge is 0.280 e. The van der Waals surface area contributed by atoms with Crippen molar-refractivity contribution in [3.63, 3.8) is 0 Å². The van der Waals surface area contributed by atoms with Gasteiger partial charge in [0.25, 0.3) is 11.8 Å². The van der Waals surface area contributed by atoms with Crippen LogP contribution in [0.25, 0.3) is 5.69 Å². The number of rotatable bonds is 8. The van der Waals surface area contributed by atoms with Gasteiger partial charge < -0.3 is 15.0 Å². The highest BCUT2D eigenvalue weighted by Gasteiger charge is 2.17. The maximum absolute atomic E-state index is 12.8. The summed E-state index contributed by atoms with van der Waals surface area (Å²) < 4.78 is 7.06. The fourth-order valence-electron chi connectivity index (χ4n) is 3.23. The van der Waals surface area contributed by atoms with E-state index in [0.717, 1.165) is 5.69 Å². The van der Waals surface area contributed by atoms with E-state index in [4.69, 9.17) is 16.3 Å². The number of aryl methyl sites for hydroxylation is 1. The highest BCUT2D eigenvalue weighted by atomic mass is 35.5. The van der Waals surface area contributed by atoms with Crippen LogP contribution in [-0.2, 0) is 4.79 Å². The Bertz CT molecular complexity index is 1210. The van der Waals surface area contributed by atoms with E-state index in [0.29, 0.717) is 30.2 Å². The minimum absolute atomic E-state index is 0.139. The van der Waals surface area contributed by atoms with Gasteiger partial charge in [-0.25, -0.2) is 4.68 Å². The molecule has 0 saturated heterocycles. The first kappa shape index (κ1) is 24.0. The van der Waals surface area contributed by atoms with Gasteiger partial charge in [0.15, 0.2) is 12.3 Å². The Labute approximate surface area is 196 Å². The summed E-state index contributed by atoms with van der Waals surface area (Å²) >= 11 is 6.26. The molecule has 2 amide bonds. The van der Waals surface area contributed by atoms with Gasteiger partial charge in [0, 0.05) is 30.5 Å². The second-order valence-electron chi connectivity index (χ2n) is 7.20. The number of aromatic nitrogens is 2. The van der Waals surface area contributed by atoms with E-state index in [-0.39, 0.29) is 23.2 Å². The van der Waals surface area contributed by atoms with E-state index in [9.17, 15) is 14.4 Å². The first-order valence-electron chi connectivity index (χ1n) is 10.5. The van der Waals surface area contributed by atoms with E-state index in [1.165, 1.54) is 16.8 Å². The van der Waals surface area contributed by atoms with Crippen molar-refractivity contribution >= 4 is 29.1 Å². The maximum Gasteiger partial charge on any atom is 0.280 e. The fourth-order valence-corrected chi connectivity index (χ4v) is 3.46. The molecule has 172 valence electrons. The number of para-hydroxylation sites is 1. The summed E-state index contributed by atoms with van der Waals surface area (Å²) in [5.41, 5.74) is 0.962. The number of hydrogen-bond acceptors (Lipinski definition) is 5. The lowest BCUT2D eigenvalue weighted by Gasteiger charge is -2.19. The third-order valence-corrected chi connectivity index (χ3v) is 5.28. The van der Waals surface area contributed by atoms with Crippen molar-refractivity contribution in [2.45, 2.75) is 20.8 Å². The molecule has 33 heavy (non-hydrogen) atoms. The number of carbonyl (C=O) groups excluding carboxylic acids is 2. The lowest BCUT2D eigenvalue weighted by Crippen LogP contribution is -2.34. The molecular formula is C24H25ClN4O4.